The van der Waals surface area contributed by atoms with Crippen LogP contribution >= 0.6 is 0 Å². The summed E-state index contributed by atoms with van der Waals surface area (Å²) in [4.78, 5) is 21.0. The van der Waals surface area contributed by atoms with Crippen LogP contribution in [0.4, 0.5) is 18.9 Å². The van der Waals surface area contributed by atoms with Crippen LogP contribution in [-0.4, -0.2) is 32.0 Å². The summed E-state index contributed by atoms with van der Waals surface area (Å²) >= 11 is 0. The highest BCUT2D eigenvalue weighted by Crippen LogP contribution is 2.25. The minimum Gasteiger partial charge on any atom is -0.406 e. The number of anilines is 1. The van der Waals surface area contributed by atoms with E-state index in [0.717, 1.165) is 12.1 Å². The Bertz CT molecular complexity index is 1160. The molecule has 29 heavy (non-hydrogen) atoms. The predicted octanol–water partition coefficient (Wildman–Crippen LogP) is 3.97. The number of para-hydroxylation sites is 1. The lowest BCUT2D eigenvalue weighted by Gasteiger charge is -2.09. The molecule has 2 heterocycles. The molecule has 2 aromatic carbocycles. The molecule has 0 atom stereocenters. The molecule has 4 rings (SSSR count). The van der Waals surface area contributed by atoms with Gasteiger partial charge in [0.25, 0.3) is 11.9 Å². The molecule has 0 aliphatic carbocycles. The van der Waals surface area contributed by atoms with E-state index in [1.807, 2.05) is 0 Å². The second-order valence-electron chi connectivity index (χ2n) is 5.85. The molecule has 0 radical (unpaired) electrons. The molecule has 0 bridgehead atoms. The number of ether oxygens (including phenoxy) is 1. The van der Waals surface area contributed by atoms with Gasteiger partial charge in [0.05, 0.1) is 5.52 Å². The number of amides is 1. The smallest absolute Gasteiger partial charge is 0.406 e. The van der Waals surface area contributed by atoms with Crippen molar-refractivity contribution >= 4 is 22.5 Å². The van der Waals surface area contributed by atoms with Crippen LogP contribution < -0.4 is 10.1 Å². The molecule has 0 aliphatic rings. The summed E-state index contributed by atoms with van der Waals surface area (Å²) in [6.45, 7) is 0. The van der Waals surface area contributed by atoms with Crippen molar-refractivity contribution in [3.63, 3.8) is 0 Å². The SMILES string of the molecule is O=C(Nc1ccc(OC(F)(F)F)cc1)c1nn(-c2ncccn2)c2ccccc12. The van der Waals surface area contributed by atoms with Crippen LogP contribution in [0, 0.1) is 0 Å². The molecule has 146 valence electrons. The number of nitrogens with one attached hydrogen (secondary N) is 1. The summed E-state index contributed by atoms with van der Waals surface area (Å²) < 4.78 is 42.0. The Morgan fingerprint density at radius 3 is 2.34 bits per heavy atom. The van der Waals surface area contributed by atoms with E-state index in [0.29, 0.717) is 22.5 Å². The third-order valence-corrected chi connectivity index (χ3v) is 3.89. The summed E-state index contributed by atoms with van der Waals surface area (Å²) in [5.74, 6) is -0.608. The standard InChI is InChI=1S/C19H12F3N5O2/c20-19(21,22)29-13-8-6-12(7-9-13)25-17(28)16-14-4-1-2-5-15(14)27(26-16)18-23-10-3-11-24-18/h1-11H,(H,25,28). The van der Waals surface area contributed by atoms with E-state index in [2.05, 4.69) is 25.1 Å². The lowest BCUT2D eigenvalue weighted by atomic mass is 10.2. The van der Waals surface area contributed by atoms with Crippen molar-refractivity contribution in [2.45, 2.75) is 6.36 Å². The normalized spacial score (nSPS) is 11.4. The first-order valence-electron chi connectivity index (χ1n) is 8.33. The molecule has 10 heteroatoms. The maximum Gasteiger partial charge on any atom is 0.573 e. The number of hydrogen-bond donors (Lipinski definition) is 1. The van der Waals surface area contributed by atoms with Crippen LogP contribution in [0.5, 0.6) is 5.75 Å². The average molecular weight is 399 g/mol. The monoisotopic (exact) mass is 399 g/mol. The van der Waals surface area contributed by atoms with Crippen molar-refractivity contribution in [3.8, 4) is 11.7 Å². The number of hydrogen-bond acceptors (Lipinski definition) is 5. The molecule has 0 saturated carbocycles. The van der Waals surface area contributed by atoms with Gasteiger partial charge in [-0.1, -0.05) is 18.2 Å². The van der Waals surface area contributed by atoms with Crippen LogP contribution in [-0.2, 0) is 0 Å². The van der Waals surface area contributed by atoms with E-state index < -0.39 is 12.3 Å². The zero-order valence-corrected chi connectivity index (χ0v) is 14.6. The van der Waals surface area contributed by atoms with Crippen molar-refractivity contribution in [3.05, 3.63) is 72.7 Å². The number of carbonyl (C=O) groups excluding carboxylic acids is 1. The zero-order valence-electron chi connectivity index (χ0n) is 14.6. The first kappa shape index (κ1) is 18.4. The van der Waals surface area contributed by atoms with Gasteiger partial charge in [-0.3, -0.25) is 4.79 Å². The Morgan fingerprint density at radius 1 is 0.966 bits per heavy atom. The van der Waals surface area contributed by atoms with Gasteiger partial charge in [-0.2, -0.15) is 9.78 Å². The summed E-state index contributed by atoms with van der Waals surface area (Å²) in [5, 5.41) is 7.52. The van der Waals surface area contributed by atoms with E-state index in [1.165, 1.54) is 16.8 Å². The molecule has 7 nitrogen and oxygen atoms in total. The Hall–Kier alpha value is -3.95. The van der Waals surface area contributed by atoms with Gasteiger partial charge >= 0.3 is 6.36 Å². The molecule has 1 amide bonds. The molecule has 0 unspecified atom stereocenters. The van der Waals surface area contributed by atoms with E-state index in [-0.39, 0.29) is 11.4 Å². The third kappa shape index (κ3) is 4.00. The molecule has 2 aromatic heterocycles. The van der Waals surface area contributed by atoms with Gasteiger partial charge in [-0.15, -0.1) is 13.2 Å². The number of carbonyl (C=O) groups is 1. The van der Waals surface area contributed by atoms with Gasteiger partial charge in [-0.25, -0.2) is 9.97 Å². The number of halogens is 3. The minimum atomic E-state index is -4.78. The minimum absolute atomic E-state index is 0.128. The average Bonchev–Trinajstić information content (AvgIpc) is 3.09. The quantitative estimate of drug-likeness (QED) is 0.562. The lowest BCUT2D eigenvalue weighted by Crippen LogP contribution is -2.17. The fraction of sp³-hybridized carbons (Fsp3) is 0.0526. The van der Waals surface area contributed by atoms with Gasteiger partial charge in [-0.05, 0) is 36.4 Å². The van der Waals surface area contributed by atoms with Crippen LogP contribution in [0.3, 0.4) is 0 Å². The molecule has 0 aliphatic heterocycles. The summed E-state index contributed by atoms with van der Waals surface area (Å²) in [7, 11) is 0. The second kappa shape index (κ2) is 7.23. The maximum atomic E-state index is 12.7. The van der Waals surface area contributed by atoms with Crippen molar-refractivity contribution in [1.82, 2.24) is 19.7 Å². The number of aromatic nitrogens is 4. The zero-order chi connectivity index (χ0) is 20.4. The van der Waals surface area contributed by atoms with Gasteiger partial charge in [0.1, 0.15) is 5.75 Å². The van der Waals surface area contributed by atoms with Crippen molar-refractivity contribution in [2.75, 3.05) is 5.32 Å². The highest BCUT2D eigenvalue weighted by Gasteiger charge is 2.31. The number of benzene rings is 2. The summed E-state index contributed by atoms with van der Waals surface area (Å²) in [6, 6.07) is 13.6. The molecular formula is C19H12F3N5O2. The predicted molar refractivity (Wildman–Crippen MR) is 97.7 cm³/mol. The first-order chi connectivity index (χ1) is 13.9. The van der Waals surface area contributed by atoms with Crippen LogP contribution in [0.15, 0.2) is 67.0 Å². The van der Waals surface area contributed by atoms with Crippen molar-refractivity contribution in [2.24, 2.45) is 0 Å². The Balaban J connectivity index is 1.63. The van der Waals surface area contributed by atoms with Gasteiger partial charge in [0, 0.05) is 23.5 Å². The number of alkyl halides is 3. The number of rotatable bonds is 4. The Kier molecular flexibility index (Phi) is 4.59. The number of fused-ring (bicyclic) bond motifs is 1. The summed E-state index contributed by atoms with van der Waals surface area (Å²) in [5.41, 5.74) is 1.06. The topological polar surface area (TPSA) is 81.9 Å². The van der Waals surface area contributed by atoms with Crippen LogP contribution in [0.1, 0.15) is 10.5 Å². The summed E-state index contributed by atoms with van der Waals surface area (Å²) in [6.07, 6.45) is -1.66. The Labute approximate surface area is 161 Å². The van der Waals surface area contributed by atoms with Crippen molar-refractivity contribution < 1.29 is 22.7 Å². The molecular weight excluding hydrogens is 387 g/mol. The van der Waals surface area contributed by atoms with E-state index in [9.17, 15) is 18.0 Å². The maximum absolute atomic E-state index is 12.7. The molecule has 4 aromatic rings. The molecule has 0 saturated heterocycles. The van der Waals surface area contributed by atoms with E-state index >= 15 is 0 Å². The van der Waals surface area contributed by atoms with Gasteiger partial charge in [0.15, 0.2) is 5.69 Å². The Morgan fingerprint density at radius 2 is 1.66 bits per heavy atom. The molecule has 1 N–H and O–H groups in total. The fourth-order valence-corrected chi connectivity index (χ4v) is 2.72. The molecule has 0 spiro atoms. The van der Waals surface area contributed by atoms with Crippen LogP contribution in [0.25, 0.3) is 16.9 Å². The van der Waals surface area contributed by atoms with E-state index in [4.69, 9.17) is 0 Å². The number of nitrogens with zero attached hydrogens (tertiary/aromatic N) is 4. The van der Waals surface area contributed by atoms with Gasteiger partial charge < -0.3 is 10.1 Å². The van der Waals surface area contributed by atoms with Crippen molar-refractivity contribution in [1.29, 1.82) is 0 Å². The molecule has 0 fully saturated rings. The lowest BCUT2D eigenvalue weighted by molar-refractivity contribution is -0.274. The highest BCUT2D eigenvalue weighted by atomic mass is 19.4. The second-order valence-corrected chi connectivity index (χ2v) is 5.85. The largest absolute Gasteiger partial charge is 0.573 e. The van der Waals surface area contributed by atoms with Crippen LogP contribution in [0.2, 0.25) is 0 Å². The third-order valence-electron chi connectivity index (χ3n) is 3.89. The van der Waals surface area contributed by atoms with Gasteiger partial charge in [0.2, 0.25) is 0 Å². The fourth-order valence-electron chi connectivity index (χ4n) is 2.72. The van der Waals surface area contributed by atoms with E-state index in [1.54, 1.807) is 42.7 Å². The first-order valence-corrected chi connectivity index (χ1v) is 8.33. The highest BCUT2D eigenvalue weighted by molar-refractivity contribution is 6.11.